The van der Waals surface area contributed by atoms with Gasteiger partial charge < -0.3 is 5.11 Å². The van der Waals surface area contributed by atoms with E-state index in [1.807, 2.05) is 6.07 Å². The van der Waals surface area contributed by atoms with E-state index in [2.05, 4.69) is 9.97 Å². The molecule has 0 aliphatic rings. The van der Waals surface area contributed by atoms with Gasteiger partial charge in [0.15, 0.2) is 0 Å². The molecule has 3 aromatic rings. The lowest BCUT2D eigenvalue weighted by Gasteiger charge is -2.12. The van der Waals surface area contributed by atoms with Crippen LogP contribution in [0.1, 0.15) is 17.2 Å². The highest BCUT2D eigenvalue weighted by atomic mass is 35.5. The fourth-order valence-electron chi connectivity index (χ4n) is 2.20. The molecular weight excluding hydrogens is 291 g/mol. The second kappa shape index (κ2) is 5.76. The van der Waals surface area contributed by atoms with Crippen molar-refractivity contribution in [3.8, 4) is 0 Å². The van der Waals surface area contributed by atoms with E-state index in [1.165, 1.54) is 12.1 Å². The van der Waals surface area contributed by atoms with Crippen LogP contribution in [0, 0.1) is 5.82 Å². The Morgan fingerprint density at radius 2 is 1.81 bits per heavy atom. The molecule has 0 aliphatic heterocycles. The molecule has 0 amide bonds. The molecule has 21 heavy (non-hydrogen) atoms. The third kappa shape index (κ3) is 3.01. The van der Waals surface area contributed by atoms with Gasteiger partial charge in [-0.15, -0.1) is 0 Å². The number of aromatic nitrogens is 2. The average Bonchev–Trinajstić information content (AvgIpc) is 2.49. The van der Waals surface area contributed by atoms with Crippen molar-refractivity contribution in [2.45, 2.75) is 12.5 Å². The molecule has 0 aliphatic carbocycles. The van der Waals surface area contributed by atoms with Crippen molar-refractivity contribution in [1.82, 2.24) is 9.97 Å². The van der Waals surface area contributed by atoms with Crippen LogP contribution in [0.4, 0.5) is 4.39 Å². The Morgan fingerprint density at radius 1 is 1.05 bits per heavy atom. The van der Waals surface area contributed by atoms with Crippen LogP contribution in [0.15, 0.2) is 48.8 Å². The van der Waals surface area contributed by atoms with Gasteiger partial charge in [-0.2, -0.15) is 0 Å². The molecular formula is C16H12ClFN2O. The Hall–Kier alpha value is -2.04. The van der Waals surface area contributed by atoms with Crippen molar-refractivity contribution >= 4 is 22.6 Å². The van der Waals surface area contributed by atoms with Crippen LogP contribution in [0.2, 0.25) is 5.02 Å². The van der Waals surface area contributed by atoms with Gasteiger partial charge in [0.25, 0.3) is 0 Å². The number of nitrogens with zero attached hydrogens (tertiary/aromatic N) is 2. The third-order valence-electron chi connectivity index (χ3n) is 3.31. The fourth-order valence-corrected chi connectivity index (χ4v) is 2.45. The second-order valence-electron chi connectivity index (χ2n) is 4.76. The van der Waals surface area contributed by atoms with E-state index in [0.717, 1.165) is 16.6 Å². The van der Waals surface area contributed by atoms with E-state index in [0.29, 0.717) is 17.0 Å². The summed E-state index contributed by atoms with van der Waals surface area (Å²) in [7, 11) is 0. The number of aliphatic hydroxyl groups excluding tert-OH is 1. The zero-order valence-electron chi connectivity index (χ0n) is 11.0. The molecule has 0 radical (unpaired) electrons. The Morgan fingerprint density at radius 3 is 2.57 bits per heavy atom. The molecule has 0 spiro atoms. The van der Waals surface area contributed by atoms with E-state index in [1.54, 1.807) is 30.6 Å². The number of aliphatic hydroxyl groups is 1. The standard InChI is InChI=1S/C16H12ClFN2O/c17-13-9-12(18)3-1-10(13)8-16(21)11-2-4-14-15(7-11)20-6-5-19-14/h1-7,9,16,21H,8H2. The lowest BCUT2D eigenvalue weighted by atomic mass is 10.0. The molecule has 1 heterocycles. The molecule has 0 saturated heterocycles. The number of rotatable bonds is 3. The smallest absolute Gasteiger partial charge is 0.124 e. The van der Waals surface area contributed by atoms with E-state index in [-0.39, 0.29) is 5.82 Å². The van der Waals surface area contributed by atoms with Gasteiger partial charge in [-0.1, -0.05) is 23.7 Å². The number of hydrogen-bond acceptors (Lipinski definition) is 3. The minimum absolute atomic E-state index is 0.310. The maximum atomic E-state index is 13.0. The molecule has 1 N–H and O–H groups in total. The summed E-state index contributed by atoms with van der Waals surface area (Å²) < 4.78 is 13.0. The van der Waals surface area contributed by atoms with E-state index < -0.39 is 6.10 Å². The number of benzene rings is 2. The molecule has 1 aromatic heterocycles. The predicted octanol–water partition coefficient (Wildman–Crippen LogP) is 3.70. The summed E-state index contributed by atoms with van der Waals surface area (Å²) in [5.74, 6) is -0.390. The molecule has 1 unspecified atom stereocenters. The number of hydrogen-bond donors (Lipinski definition) is 1. The van der Waals surface area contributed by atoms with Crippen molar-refractivity contribution in [2.24, 2.45) is 0 Å². The Kier molecular flexibility index (Phi) is 3.82. The molecule has 0 bridgehead atoms. The fraction of sp³-hybridized carbons (Fsp3) is 0.125. The Balaban J connectivity index is 1.87. The van der Waals surface area contributed by atoms with Crippen molar-refractivity contribution < 1.29 is 9.50 Å². The maximum Gasteiger partial charge on any atom is 0.124 e. The summed E-state index contributed by atoms with van der Waals surface area (Å²) in [4.78, 5) is 8.39. The normalized spacial score (nSPS) is 12.5. The first-order chi connectivity index (χ1) is 10.1. The summed E-state index contributed by atoms with van der Waals surface area (Å²) in [5.41, 5.74) is 2.92. The summed E-state index contributed by atoms with van der Waals surface area (Å²) >= 11 is 5.98. The predicted molar refractivity (Wildman–Crippen MR) is 79.6 cm³/mol. The summed E-state index contributed by atoms with van der Waals surface area (Å²) in [6.45, 7) is 0. The molecule has 3 nitrogen and oxygen atoms in total. The van der Waals surface area contributed by atoms with Crippen LogP contribution in [0.3, 0.4) is 0 Å². The van der Waals surface area contributed by atoms with E-state index >= 15 is 0 Å². The Labute approximate surface area is 126 Å². The summed E-state index contributed by atoms with van der Waals surface area (Å²) in [5, 5.41) is 10.6. The van der Waals surface area contributed by atoms with Crippen LogP contribution in [0.5, 0.6) is 0 Å². The molecule has 0 fully saturated rings. The van der Waals surface area contributed by atoms with Crippen LogP contribution < -0.4 is 0 Å². The number of halogens is 2. The quantitative estimate of drug-likeness (QED) is 0.802. The Bertz CT molecular complexity index is 794. The van der Waals surface area contributed by atoms with Gasteiger partial charge in [0, 0.05) is 23.8 Å². The van der Waals surface area contributed by atoms with Crippen molar-refractivity contribution in [1.29, 1.82) is 0 Å². The summed E-state index contributed by atoms with van der Waals surface area (Å²) in [6.07, 6.45) is 2.80. The minimum atomic E-state index is -0.737. The molecule has 106 valence electrons. The van der Waals surface area contributed by atoms with Crippen LogP contribution >= 0.6 is 11.6 Å². The molecule has 5 heteroatoms. The average molecular weight is 303 g/mol. The summed E-state index contributed by atoms with van der Waals surface area (Å²) in [6, 6.07) is 9.58. The van der Waals surface area contributed by atoms with E-state index in [9.17, 15) is 9.50 Å². The zero-order valence-corrected chi connectivity index (χ0v) is 11.8. The first-order valence-corrected chi connectivity index (χ1v) is 6.84. The van der Waals surface area contributed by atoms with Crippen molar-refractivity contribution in [2.75, 3.05) is 0 Å². The molecule has 2 aromatic carbocycles. The lowest BCUT2D eigenvalue weighted by molar-refractivity contribution is 0.178. The van der Waals surface area contributed by atoms with Gasteiger partial charge in [-0.3, -0.25) is 9.97 Å². The van der Waals surface area contributed by atoms with Crippen molar-refractivity contribution in [3.05, 3.63) is 70.8 Å². The van der Waals surface area contributed by atoms with Gasteiger partial charge in [-0.05, 0) is 35.4 Å². The highest BCUT2D eigenvalue weighted by Gasteiger charge is 2.12. The zero-order chi connectivity index (χ0) is 14.8. The van der Waals surface area contributed by atoms with Crippen LogP contribution in [0.25, 0.3) is 11.0 Å². The third-order valence-corrected chi connectivity index (χ3v) is 3.66. The first-order valence-electron chi connectivity index (χ1n) is 6.46. The van der Waals surface area contributed by atoms with Gasteiger partial charge in [0.1, 0.15) is 5.82 Å². The van der Waals surface area contributed by atoms with Gasteiger partial charge >= 0.3 is 0 Å². The number of fused-ring (bicyclic) bond motifs is 1. The van der Waals surface area contributed by atoms with Gasteiger partial charge in [0.05, 0.1) is 17.1 Å². The van der Waals surface area contributed by atoms with Gasteiger partial charge in [0.2, 0.25) is 0 Å². The van der Waals surface area contributed by atoms with E-state index in [4.69, 9.17) is 11.6 Å². The largest absolute Gasteiger partial charge is 0.388 e. The highest BCUT2D eigenvalue weighted by Crippen LogP contribution is 2.25. The topological polar surface area (TPSA) is 46.0 Å². The highest BCUT2D eigenvalue weighted by molar-refractivity contribution is 6.31. The molecule has 1 atom stereocenters. The second-order valence-corrected chi connectivity index (χ2v) is 5.17. The van der Waals surface area contributed by atoms with Crippen LogP contribution in [-0.2, 0) is 6.42 Å². The maximum absolute atomic E-state index is 13.0. The lowest BCUT2D eigenvalue weighted by Crippen LogP contribution is -2.03. The van der Waals surface area contributed by atoms with Gasteiger partial charge in [-0.25, -0.2) is 4.39 Å². The first kappa shape index (κ1) is 13.9. The monoisotopic (exact) mass is 302 g/mol. The molecule has 0 saturated carbocycles. The minimum Gasteiger partial charge on any atom is -0.388 e. The van der Waals surface area contributed by atoms with Crippen molar-refractivity contribution in [3.63, 3.8) is 0 Å². The molecule has 3 rings (SSSR count). The van der Waals surface area contributed by atoms with Crippen LogP contribution in [-0.4, -0.2) is 15.1 Å². The SMILES string of the molecule is OC(Cc1ccc(F)cc1Cl)c1ccc2nccnc2c1.